The van der Waals surface area contributed by atoms with E-state index in [1.807, 2.05) is 43.3 Å². The summed E-state index contributed by atoms with van der Waals surface area (Å²) in [4.78, 5) is 14.9. The number of carbonyl (C=O) groups excluding carboxylic acids is 1. The molecule has 6 nitrogen and oxygen atoms in total. The Morgan fingerprint density at radius 2 is 2.00 bits per heavy atom. The largest absolute Gasteiger partial charge is 0.497 e. The fourth-order valence-corrected chi connectivity index (χ4v) is 4.10. The van der Waals surface area contributed by atoms with Gasteiger partial charge in [0.15, 0.2) is 0 Å². The summed E-state index contributed by atoms with van der Waals surface area (Å²) in [6.45, 7) is 4.38. The minimum Gasteiger partial charge on any atom is -0.497 e. The van der Waals surface area contributed by atoms with E-state index in [9.17, 15) is 4.79 Å². The summed E-state index contributed by atoms with van der Waals surface area (Å²) in [7, 11) is 1.63. The van der Waals surface area contributed by atoms with Crippen molar-refractivity contribution in [1.82, 2.24) is 10.2 Å². The van der Waals surface area contributed by atoms with Gasteiger partial charge in [0.2, 0.25) is 0 Å². The molecule has 148 valence electrons. The second-order valence-corrected chi connectivity index (χ2v) is 7.55. The van der Waals surface area contributed by atoms with Crippen LogP contribution in [-0.4, -0.2) is 49.8 Å². The minimum atomic E-state index is -0.168. The standard InChI is InChI=1S/C22H27N3O3/c1-15-10-19(27-2)8-9-20(15)24-22(26)23-17-11-18-14-28-21(13-25(18)12-17)16-6-4-3-5-7-16/h3-10,17-18,21H,11-14H2,1-2H3,(H2,23,24,26)/t17-,18+,21-/m1/s1. The van der Waals surface area contributed by atoms with E-state index in [-0.39, 0.29) is 18.2 Å². The summed E-state index contributed by atoms with van der Waals surface area (Å²) < 4.78 is 11.3. The molecule has 0 spiro atoms. The number of anilines is 1. The predicted molar refractivity (Wildman–Crippen MR) is 109 cm³/mol. The first kappa shape index (κ1) is 18.8. The van der Waals surface area contributed by atoms with E-state index >= 15 is 0 Å². The van der Waals surface area contributed by atoms with Crippen molar-refractivity contribution in [2.24, 2.45) is 0 Å². The Labute approximate surface area is 165 Å². The van der Waals surface area contributed by atoms with Gasteiger partial charge < -0.3 is 20.1 Å². The maximum atomic E-state index is 12.5. The zero-order valence-corrected chi connectivity index (χ0v) is 16.4. The molecule has 2 aliphatic rings. The third kappa shape index (κ3) is 4.13. The quantitative estimate of drug-likeness (QED) is 0.853. The maximum Gasteiger partial charge on any atom is 0.319 e. The first-order valence-electron chi connectivity index (χ1n) is 9.75. The lowest BCUT2D eigenvalue weighted by Crippen LogP contribution is -2.43. The highest BCUT2D eigenvalue weighted by Gasteiger charge is 2.38. The lowest BCUT2D eigenvalue weighted by Gasteiger charge is -2.35. The van der Waals surface area contributed by atoms with Gasteiger partial charge in [0, 0.05) is 30.9 Å². The molecule has 0 aliphatic carbocycles. The molecule has 2 aromatic rings. The number of ether oxygens (including phenoxy) is 2. The molecule has 2 amide bonds. The van der Waals surface area contributed by atoms with Crippen LogP contribution in [0.1, 0.15) is 23.7 Å². The first-order valence-corrected chi connectivity index (χ1v) is 9.75. The number of hydrogen-bond acceptors (Lipinski definition) is 4. The minimum absolute atomic E-state index is 0.104. The number of hydrogen-bond donors (Lipinski definition) is 2. The average Bonchev–Trinajstić information content (AvgIpc) is 3.11. The summed E-state index contributed by atoms with van der Waals surface area (Å²) in [6.07, 6.45) is 1.02. The van der Waals surface area contributed by atoms with Gasteiger partial charge in [-0.05, 0) is 42.7 Å². The highest BCUT2D eigenvalue weighted by molar-refractivity contribution is 5.90. The van der Waals surface area contributed by atoms with E-state index < -0.39 is 0 Å². The molecule has 0 bridgehead atoms. The van der Waals surface area contributed by atoms with Crippen LogP contribution in [-0.2, 0) is 4.74 Å². The van der Waals surface area contributed by atoms with Crippen LogP contribution < -0.4 is 15.4 Å². The van der Waals surface area contributed by atoms with E-state index in [1.165, 1.54) is 5.56 Å². The number of rotatable bonds is 4. The highest BCUT2D eigenvalue weighted by atomic mass is 16.5. The molecule has 28 heavy (non-hydrogen) atoms. The van der Waals surface area contributed by atoms with Crippen molar-refractivity contribution in [3.8, 4) is 5.75 Å². The molecule has 3 atom stereocenters. The number of carbonyl (C=O) groups is 1. The van der Waals surface area contributed by atoms with Gasteiger partial charge >= 0.3 is 6.03 Å². The normalized spacial score (nSPS) is 24.4. The summed E-state index contributed by atoms with van der Waals surface area (Å²) in [6, 6.07) is 16.3. The van der Waals surface area contributed by atoms with Crippen LogP contribution in [0.5, 0.6) is 5.75 Å². The molecule has 2 saturated heterocycles. The van der Waals surface area contributed by atoms with Crippen molar-refractivity contribution in [3.63, 3.8) is 0 Å². The van der Waals surface area contributed by atoms with Gasteiger partial charge in [-0.3, -0.25) is 4.90 Å². The predicted octanol–water partition coefficient (Wildman–Crippen LogP) is 3.34. The van der Waals surface area contributed by atoms with E-state index in [2.05, 4.69) is 27.7 Å². The molecule has 0 saturated carbocycles. The van der Waals surface area contributed by atoms with E-state index in [0.29, 0.717) is 12.6 Å². The highest BCUT2D eigenvalue weighted by Crippen LogP contribution is 2.30. The molecule has 2 aromatic carbocycles. The molecule has 0 aromatic heterocycles. The van der Waals surface area contributed by atoms with Crippen LogP contribution in [0.25, 0.3) is 0 Å². The molecule has 2 heterocycles. The zero-order chi connectivity index (χ0) is 19.5. The molecule has 2 fully saturated rings. The van der Waals surface area contributed by atoms with Crippen LogP contribution >= 0.6 is 0 Å². The number of amides is 2. The fraction of sp³-hybridized carbons (Fsp3) is 0.409. The summed E-state index contributed by atoms with van der Waals surface area (Å²) in [5, 5.41) is 6.06. The molecule has 0 unspecified atom stereocenters. The van der Waals surface area contributed by atoms with E-state index in [4.69, 9.17) is 9.47 Å². The van der Waals surface area contributed by atoms with Crippen molar-refractivity contribution < 1.29 is 14.3 Å². The van der Waals surface area contributed by atoms with Gasteiger partial charge in [0.1, 0.15) is 5.75 Å². The van der Waals surface area contributed by atoms with Crippen molar-refractivity contribution >= 4 is 11.7 Å². The third-order valence-corrected chi connectivity index (χ3v) is 5.61. The Balaban J connectivity index is 1.32. The molecule has 0 radical (unpaired) electrons. The second kappa shape index (κ2) is 8.20. The number of methoxy groups -OCH3 is 1. The van der Waals surface area contributed by atoms with Crippen LogP contribution in [0.2, 0.25) is 0 Å². The van der Waals surface area contributed by atoms with Crippen LogP contribution in [0, 0.1) is 6.92 Å². The molecule has 2 N–H and O–H groups in total. The number of morpholine rings is 1. The number of nitrogens with one attached hydrogen (secondary N) is 2. The lowest BCUT2D eigenvalue weighted by molar-refractivity contribution is -0.0502. The third-order valence-electron chi connectivity index (χ3n) is 5.61. The Morgan fingerprint density at radius 3 is 2.75 bits per heavy atom. The number of aryl methyl sites for hydroxylation is 1. The number of nitrogens with zero attached hydrogens (tertiary/aromatic N) is 1. The van der Waals surface area contributed by atoms with Crippen LogP contribution in [0.3, 0.4) is 0 Å². The molecule has 6 heteroatoms. The summed E-state index contributed by atoms with van der Waals surface area (Å²) in [5.74, 6) is 0.782. The van der Waals surface area contributed by atoms with E-state index in [0.717, 1.165) is 36.5 Å². The molecular formula is C22H27N3O3. The lowest BCUT2D eigenvalue weighted by atomic mass is 10.1. The van der Waals surface area contributed by atoms with Crippen molar-refractivity contribution in [3.05, 3.63) is 59.7 Å². The molecule has 2 aliphatic heterocycles. The molecular weight excluding hydrogens is 354 g/mol. The monoisotopic (exact) mass is 381 g/mol. The fourth-order valence-electron chi connectivity index (χ4n) is 4.10. The Bertz CT molecular complexity index is 827. The topological polar surface area (TPSA) is 62.8 Å². The molecule has 4 rings (SSSR count). The Kier molecular flexibility index (Phi) is 5.50. The van der Waals surface area contributed by atoms with Crippen molar-refractivity contribution in [2.45, 2.75) is 31.5 Å². The maximum absolute atomic E-state index is 12.5. The zero-order valence-electron chi connectivity index (χ0n) is 16.4. The first-order chi connectivity index (χ1) is 13.6. The van der Waals surface area contributed by atoms with Gasteiger partial charge in [-0.25, -0.2) is 4.79 Å². The Morgan fingerprint density at radius 1 is 1.18 bits per heavy atom. The number of urea groups is 1. The van der Waals surface area contributed by atoms with Gasteiger partial charge in [-0.15, -0.1) is 0 Å². The summed E-state index contributed by atoms with van der Waals surface area (Å²) in [5.41, 5.74) is 2.98. The van der Waals surface area contributed by atoms with Gasteiger partial charge in [0.25, 0.3) is 0 Å². The van der Waals surface area contributed by atoms with Gasteiger partial charge in [0.05, 0.1) is 19.8 Å². The number of benzene rings is 2. The number of fused-ring (bicyclic) bond motifs is 1. The van der Waals surface area contributed by atoms with Crippen LogP contribution in [0.15, 0.2) is 48.5 Å². The SMILES string of the molecule is COc1ccc(NC(=O)N[C@@H]2C[C@H]3CO[C@@H](c4ccccc4)CN3C2)c(C)c1. The Hall–Kier alpha value is -2.57. The van der Waals surface area contributed by atoms with E-state index in [1.54, 1.807) is 7.11 Å². The van der Waals surface area contributed by atoms with Crippen LogP contribution in [0.4, 0.5) is 10.5 Å². The van der Waals surface area contributed by atoms with Crippen molar-refractivity contribution in [2.75, 3.05) is 32.1 Å². The smallest absolute Gasteiger partial charge is 0.319 e. The van der Waals surface area contributed by atoms with Gasteiger partial charge in [-0.2, -0.15) is 0 Å². The van der Waals surface area contributed by atoms with Crippen molar-refractivity contribution in [1.29, 1.82) is 0 Å². The second-order valence-electron chi connectivity index (χ2n) is 7.55. The summed E-state index contributed by atoms with van der Waals surface area (Å²) >= 11 is 0. The van der Waals surface area contributed by atoms with Gasteiger partial charge in [-0.1, -0.05) is 30.3 Å². The average molecular weight is 381 g/mol.